The number of benzene rings is 2. The van der Waals surface area contributed by atoms with Gasteiger partial charge < -0.3 is 24.8 Å². The summed E-state index contributed by atoms with van der Waals surface area (Å²) in [7, 11) is 1.65. The van der Waals surface area contributed by atoms with Crippen LogP contribution in [0.3, 0.4) is 0 Å². The van der Waals surface area contributed by atoms with Gasteiger partial charge in [0, 0.05) is 53.8 Å². The van der Waals surface area contributed by atoms with Crippen molar-refractivity contribution in [3.05, 3.63) is 76.0 Å². The third-order valence-corrected chi connectivity index (χ3v) is 8.07. The van der Waals surface area contributed by atoms with Gasteiger partial charge in [-0.3, -0.25) is 14.4 Å². The second-order valence-corrected chi connectivity index (χ2v) is 10.5. The summed E-state index contributed by atoms with van der Waals surface area (Å²) in [6, 6.07) is 8.77. The van der Waals surface area contributed by atoms with Gasteiger partial charge in [-0.1, -0.05) is 30.3 Å². The van der Waals surface area contributed by atoms with E-state index in [0.717, 1.165) is 28.0 Å². The number of nitrogens with two attached hydrogens (primary N) is 1. The van der Waals surface area contributed by atoms with E-state index in [1.165, 1.54) is 6.08 Å². The molecule has 0 spiro atoms. The zero-order valence-electron chi connectivity index (χ0n) is 21.8. The number of hydrogen-bond donors (Lipinski definition) is 1. The Hall–Kier alpha value is -3.78. The van der Waals surface area contributed by atoms with Crippen molar-refractivity contribution in [1.29, 1.82) is 0 Å². The lowest BCUT2D eigenvalue weighted by Crippen LogP contribution is -2.55. The molecule has 198 valence electrons. The fourth-order valence-corrected chi connectivity index (χ4v) is 6.31. The van der Waals surface area contributed by atoms with Gasteiger partial charge in [-0.25, -0.2) is 0 Å². The second kappa shape index (κ2) is 9.83. The van der Waals surface area contributed by atoms with E-state index in [2.05, 4.69) is 6.58 Å². The number of aromatic nitrogens is 1. The number of amides is 3. The third-order valence-electron chi connectivity index (χ3n) is 7.85. The maximum Gasteiger partial charge on any atom is 0.256 e. The van der Waals surface area contributed by atoms with Gasteiger partial charge in [-0.15, -0.1) is 0 Å². The predicted octanol–water partition coefficient (Wildman–Crippen LogP) is 3.79. The van der Waals surface area contributed by atoms with Gasteiger partial charge in [0.25, 0.3) is 5.91 Å². The number of carbonyl (C=O) groups excluding carboxylic acids is 3. The molecule has 1 saturated heterocycles. The first kappa shape index (κ1) is 25.9. The molecule has 0 aliphatic carbocycles. The maximum atomic E-state index is 14.1. The zero-order chi connectivity index (χ0) is 27.3. The second-order valence-electron chi connectivity index (χ2n) is 10.1. The molecule has 2 N–H and O–H groups in total. The van der Waals surface area contributed by atoms with E-state index in [4.69, 9.17) is 22.1 Å². The van der Waals surface area contributed by atoms with Crippen molar-refractivity contribution >= 4 is 40.2 Å². The number of primary amides is 1. The van der Waals surface area contributed by atoms with Crippen molar-refractivity contribution in [3.63, 3.8) is 0 Å². The summed E-state index contributed by atoms with van der Waals surface area (Å²) in [5.41, 5.74) is 10.9. The van der Waals surface area contributed by atoms with Crippen LogP contribution in [0, 0.1) is 19.8 Å². The number of methoxy groups -OCH3 is 1. The third kappa shape index (κ3) is 4.13. The smallest absolute Gasteiger partial charge is 0.256 e. The summed E-state index contributed by atoms with van der Waals surface area (Å²) < 4.78 is 7.41. The number of hydrogen-bond acceptors (Lipinski definition) is 4. The first-order chi connectivity index (χ1) is 18.2. The van der Waals surface area contributed by atoms with E-state index in [1.807, 2.05) is 47.6 Å². The fourth-order valence-electron chi connectivity index (χ4n) is 6.04. The molecule has 3 aromatic rings. The molecule has 2 aliphatic heterocycles. The number of aryl methyl sites for hydroxylation is 1. The van der Waals surface area contributed by atoms with E-state index >= 15 is 0 Å². The molecule has 1 fully saturated rings. The lowest BCUT2D eigenvalue weighted by atomic mass is 9.90. The lowest BCUT2D eigenvalue weighted by molar-refractivity contribution is -0.137. The van der Waals surface area contributed by atoms with E-state index in [9.17, 15) is 14.4 Å². The molecular weight excluding hydrogens is 504 g/mol. The Balaban J connectivity index is 1.59. The summed E-state index contributed by atoms with van der Waals surface area (Å²) >= 11 is 6.47. The zero-order valence-corrected chi connectivity index (χ0v) is 22.5. The lowest BCUT2D eigenvalue weighted by Gasteiger charge is -2.42. The number of nitrogens with zero attached hydrogens (tertiary/aromatic N) is 3. The Labute approximate surface area is 226 Å². The van der Waals surface area contributed by atoms with Crippen LogP contribution in [-0.2, 0) is 22.6 Å². The molecule has 5 rings (SSSR count). The fraction of sp³-hybridized carbons (Fsp3) is 0.345. The minimum atomic E-state index is -0.723. The molecular formula is C29H31ClN4O4. The van der Waals surface area contributed by atoms with Crippen LogP contribution in [0.25, 0.3) is 10.9 Å². The van der Waals surface area contributed by atoms with Crippen molar-refractivity contribution in [2.24, 2.45) is 11.7 Å². The van der Waals surface area contributed by atoms with E-state index in [-0.39, 0.29) is 17.7 Å². The van der Waals surface area contributed by atoms with Crippen LogP contribution >= 0.6 is 11.6 Å². The average Bonchev–Trinajstić information content (AvgIpc) is 3.15. The van der Waals surface area contributed by atoms with Crippen LogP contribution < -0.4 is 10.5 Å². The van der Waals surface area contributed by atoms with Gasteiger partial charge >= 0.3 is 0 Å². The highest BCUT2D eigenvalue weighted by molar-refractivity contribution is 6.31. The standard InChI is InChI=1S/C29H31ClN4O4/c1-5-24(35)33-14-19(15-33)27(28(31)36)34-17(3)25(22-12-20(30)11-16(2)26(22)34)29(37)32-10-9-21-18(13-32)7-6-8-23(21)38-4/h5-8,11-12,19,27H,1,9-10,13-15H2,2-4H3,(H2,31,36). The first-order valence-corrected chi connectivity index (χ1v) is 13.0. The Bertz CT molecular complexity index is 1490. The van der Waals surface area contributed by atoms with Gasteiger partial charge in [-0.2, -0.15) is 0 Å². The molecule has 2 aromatic carbocycles. The van der Waals surface area contributed by atoms with Crippen LogP contribution in [-0.4, -0.2) is 58.8 Å². The maximum absolute atomic E-state index is 14.1. The molecule has 0 bridgehead atoms. The molecule has 0 radical (unpaired) electrons. The van der Waals surface area contributed by atoms with Crippen molar-refractivity contribution in [1.82, 2.24) is 14.4 Å². The minimum absolute atomic E-state index is 0.123. The summed E-state index contributed by atoms with van der Waals surface area (Å²) in [5.74, 6) is -0.161. The molecule has 1 atom stereocenters. The molecule has 8 nitrogen and oxygen atoms in total. The normalized spacial score (nSPS) is 16.1. The number of ether oxygens (including phenoxy) is 1. The summed E-state index contributed by atoms with van der Waals surface area (Å²) in [4.78, 5) is 42.5. The van der Waals surface area contributed by atoms with Crippen molar-refractivity contribution in [2.45, 2.75) is 32.9 Å². The van der Waals surface area contributed by atoms with Crippen molar-refractivity contribution in [3.8, 4) is 5.75 Å². The van der Waals surface area contributed by atoms with E-state index in [1.54, 1.807) is 18.1 Å². The highest BCUT2D eigenvalue weighted by Gasteiger charge is 2.41. The summed E-state index contributed by atoms with van der Waals surface area (Å²) in [5, 5.41) is 1.20. The molecule has 38 heavy (non-hydrogen) atoms. The molecule has 1 unspecified atom stereocenters. The van der Waals surface area contributed by atoms with Gasteiger partial charge in [0.05, 0.1) is 18.2 Å². The quantitative estimate of drug-likeness (QED) is 0.486. The van der Waals surface area contributed by atoms with Crippen molar-refractivity contribution < 1.29 is 19.1 Å². The van der Waals surface area contributed by atoms with Gasteiger partial charge in [0.15, 0.2) is 0 Å². The van der Waals surface area contributed by atoms with Gasteiger partial charge in [-0.05, 0) is 55.7 Å². The van der Waals surface area contributed by atoms with Crippen LogP contribution in [0.4, 0.5) is 0 Å². The summed E-state index contributed by atoms with van der Waals surface area (Å²) in [6.45, 7) is 9.07. The Morgan fingerprint density at radius 1 is 1.18 bits per heavy atom. The van der Waals surface area contributed by atoms with Gasteiger partial charge in [0.2, 0.25) is 11.8 Å². The number of carbonyl (C=O) groups is 3. The van der Waals surface area contributed by atoms with Crippen molar-refractivity contribution in [2.75, 3.05) is 26.7 Å². The Morgan fingerprint density at radius 2 is 1.92 bits per heavy atom. The summed E-state index contributed by atoms with van der Waals surface area (Å²) in [6.07, 6.45) is 1.95. The van der Waals surface area contributed by atoms with Gasteiger partial charge in [0.1, 0.15) is 11.8 Å². The van der Waals surface area contributed by atoms with Crippen LogP contribution in [0.1, 0.15) is 38.8 Å². The molecule has 9 heteroatoms. The molecule has 3 heterocycles. The van der Waals surface area contributed by atoms with Crippen LogP contribution in [0.15, 0.2) is 43.0 Å². The molecule has 2 aliphatic rings. The number of fused-ring (bicyclic) bond motifs is 2. The largest absolute Gasteiger partial charge is 0.496 e. The molecule has 3 amide bonds. The SMILES string of the molecule is C=CC(=O)N1CC(C(C(N)=O)n2c(C)c(C(=O)N3CCc4c(cccc4OC)C3)c3cc(Cl)cc(C)c32)C1. The van der Waals surface area contributed by atoms with E-state index < -0.39 is 11.9 Å². The number of halogens is 1. The monoisotopic (exact) mass is 534 g/mol. The number of rotatable bonds is 6. The number of likely N-dealkylation sites (tertiary alicyclic amines) is 1. The average molecular weight is 535 g/mol. The topological polar surface area (TPSA) is 97.9 Å². The minimum Gasteiger partial charge on any atom is -0.496 e. The molecule has 0 saturated carbocycles. The Kier molecular flexibility index (Phi) is 6.69. The Morgan fingerprint density at radius 3 is 2.58 bits per heavy atom. The van der Waals surface area contributed by atoms with E-state index in [0.29, 0.717) is 54.3 Å². The van der Waals surface area contributed by atoms with Crippen LogP contribution in [0.5, 0.6) is 5.75 Å². The van der Waals surface area contributed by atoms with Crippen LogP contribution in [0.2, 0.25) is 5.02 Å². The highest BCUT2D eigenvalue weighted by Crippen LogP contribution is 2.39. The predicted molar refractivity (Wildman–Crippen MR) is 146 cm³/mol. The molecule has 1 aromatic heterocycles. The first-order valence-electron chi connectivity index (χ1n) is 12.6. The highest BCUT2D eigenvalue weighted by atomic mass is 35.5.